The van der Waals surface area contributed by atoms with Crippen molar-refractivity contribution in [2.75, 3.05) is 13.7 Å². The molecule has 0 aliphatic heterocycles. The molecule has 1 aromatic carbocycles. The summed E-state index contributed by atoms with van der Waals surface area (Å²) in [4.78, 5) is 4.69. The van der Waals surface area contributed by atoms with Gasteiger partial charge < -0.3 is 15.0 Å². The van der Waals surface area contributed by atoms with Gasteiger partial charge in [0, 0.05) is 33.2 Å². The summed E-state index contributed by atoms with van der Waals surface area (Å²) in [6.45, 7) is 4.44. The molecule has 4 nitrogen and oxygen atoms in total. The first-order valence-electron chi connectivity index (χ1n) is 6.47. The minimum Gasteiger partial charge on any atom is -0.385 e. The van der Waals surface area contributed by atoms with Gasteiger partial charge in [-0.2, -0.15) is 0 Å². The number of rotatable bonds is 6. The first-order chi connectivity index (χ1) is 8.80. The Kier molecular flexibility index (Phi) is 4.33. The van der Waals surface area contributed by atoms with E-state index in [0.717, 1.165) is 42.9 Å². The third-order valence-electron chi connectivity index (χ3n) is 3.17. The number of benzene rings is 1. The molecule has 1 aromatic heterocycles. The summed E-state index contributed by atoms with van der Waals surface area (Å²) >= 11 is 0. The van der Waals surface area contributed by atoms with Crippen LogP contribution in [-0.4, -0.2) is 23.3 Å². The van der Waals surface area contributed by atoms with E-state index in [1.165, 1.54) is 5.52 Å². The van der Waals surface area contributed by atoms with E-state index < -0.39 is 0 Å². The van der Waals surface area contributed by atoms with Crippen molar-refractivity contribution in [1.29, 1.82) is 0 Å². The molecule has 2 aromatic rings. The van der Waals surface area contributed by atoms with Crippen LogP contribution in [0.2, 0.25) is 0 Å². The Morgan fingerprint density at radius 3 is 2.89 bits per heavy atom. The highest BCUT2D eigenvalue weighted by atomic mass is 16.5. The maximum absolute atomic E-state index is 5.67. The molecule has 1 heterocycles. The lowest BCUT2D eigenvalue weighted by atomic mass is 10.2. The monoisotopic (exact) mass is 247 g/mol. The second-order valence-corrected chi connectivity index (χ2v) is 4.41. The summed E-state index contributed by atoms with van der Waals surface area (Å²) < 4.78 is 7.40. The van der Waals surface area contributed by atoms with Gasteiger partial charge in [-0.25, -0.2) is 4.98 Å². The van der Waals surface area contributed by atoms with Crippen molar-refractivity contribution in [3.8, 4) is 0 Å². The summed E-state index contributed by atoms with van der Waals surface area (Å²) in [6.07, 6.45) is 1.95. The minimum atomic E-state index is 0.563. The summed E-state index contributed by atoms with van der Waals surface area (Å²) in [5.74, 6) is 1.13. The minimum absolute atomic E-state index is 0.563. The van der Waals surface area contributed by atoms with Crippen molar-refractivity contribution in [3.05, 3.63) is 29.6 Å². The molecule has 2 N–H and O–H groups in total. The van der Waals surface area contributed by atoms with Crippen LogP contribution in [0.4, 0.5) is 0 Å². The van der Waals surface area contributed by atoms with E-state index in [1.807, 2.05) is 0 Å². The number of hydrogen-bond donors (Lipinski definition) is 1. The molecule has 0 atom stereocenters. The van der Waals surface area contributed by atoms with Gasteiger partial charge in [0.25, 0.3) is 0 Å². The lowest BCUT2D eigenvalue weighted by molar-refractivity contribution is 0.190. The van der Waals surface area contributed by atoms with Crippen molar-refractivity contribution >= 4 is 11.0 Å². The molecule has 0 bridgehead atoms. The number of aryl methyl sites for hydroxylation is 2. The molecule has 0 amide bonds. The second-order valence-electron chi connectivity index (χ2n) is 4.41. The largest absolute Gasteiger partial charge is 0.385 e. The topological polar surface area (TPSA) is 53.1 Å². The summed E-state index contributed by atoms with van der Waals surface area (Å²) in [5.41, 5.74) is 9.04. The highest BCUT2D eigenvalue weighted by molar-refractivity contribution is 5.77. The van der Waals surface area contributed by atoms with E-state index in [1.54, 1.807) is 7.11 Å². The maximum Gasteiger partial charge on any atom is 0.109 e. The van der Waals surface area contributed by atoms with Crippen LogP contribution in [0.1, 0.15) is 24.7 Å². The number of nitrogens with zero attached hydrogens (tertiary/aromatic N) is 2. The molecule has 0 aliphatic rings. The van der Waals surface area contributed by atoms with Gasteiger partial charge in [0.05, 0.1) is 11.0 Å². The van der Waals surface area contributed by atoms with Crippen molar-refractivity contribution < 1.29 is 4.74 Å². The van der Waals surface area contributed by atoms with Gasteiger partial charge in [-0.15, -0.1) is 0 Å². The lowest BCUT2D eigenvalue weighted by Gasteiger charge is -2.07. The fraction of sp³-hybridized carbons (Fsp3) is 0.500. The Morgan fingerprint density at radius 1 is 1.39 bits per heavy atom. The Bertz CT molecular complexity index is 519. The molecule has 0 saturated heterocycles. The van der Waals surface area contributed by atoms with Crippen LogP contribution in [-0.2, 0) is 24.2 Å². The predicted octanol–water partition coefficient (Wildman–Crippen LogP) is 2.09. The van der Waals surface area contributed by atoms with Crippen molar-refractivity contribution in [2.24, 2.45) is 5.73 Å². The van der Waals surface area contributed by atoms with Crippen LogP contribution in [0.5, 0.6) is 0 Å². The number of aromatic nitrogens is 2. The highest BCUT2D eigenvalue weighted by Crippen LogP contribution is 2.19. The predicted molar refractivity (Wildman–Crippen MR) is 73.5 cm³/mol. The van der Waals surface area contributed by atoms with Crippen LogP contribution in [0, 0.1) is 0 Å². The average molecular weight is 247 g/mol. The van der Waals surface area contributed by atoms with Gasteiger partial charge in [-0.3, -0.25) is 0 Å². The van der Waals surface area contributed by atoms with Gasteiger partial charge in [0.1, 0.15) is 5.82 Å². The first kappa shape index (κ1) is 13.1. The van der Waals surface area contributed by atoms with E-state index in [9.17, 15) is 0 Å². The number of methoxy groups -OCH3 is 1. The number of hydrogen-bond acceptors (Lipinski definition) is 3. The molecule has 0 spiro atoms. The number of nitrogens with two attached hydrogens (primary N) is 1. The molecule has 0 unspecified atom stereocenters. The molecule has 4 heteroatoms. The van der Waals surface area contributed by atoms with Crippen LogP contribution >= 0.6 is 0 Å². The van der Waals surface area contributed by atoms with E-state index in [0.29, 0.717) is 6.54 Å². The SMILES string of the molecule is CCc1nc2cc(CN)ccc2n1CCCOC. The van der Waals surface area contributed by atoms with Gasteiger partial charge in [-0.05, 0) is 24.1 Å². The van der Waals surface area contributed by atoms with Crippen LogP contribution < -0.4 is 5.73 Å². The van der Waals surface area contributed by atoms with Gasteiger partial charge >= 0.3 is 0 Å². The van der Waals surface area contributed by atoms with E-state index in [2.05, 4.69) is 34.7 Å². The Labute approximate surface area is 108 Å². The standard InChI is InChI=1S/C14H21N3O/c1-3-14-16-12-9-11(10-15)5-6-13(12)17(14)7-4-8-18-2/h5-6,9H,3-4,7-8,10,15H2,1-2H3. The van der Waals surface area contributed by atoms with Crippen molar-refractivity contribution in [2.45, 2.75) is 32.9 Å². The summed E-state index contributed by atoms with van der Waals surface area (Å²) in [6, 6.07) is 6.29. The van der Waals surface area contributed by atoms with Crippen molar-refractivity contribution in [3.63, 3.8) is 0 Å². The molecule has 0 saturated carbocycles. The fourth-order valence-corrected chi connectivity index (χ4v) is 2.24. The quantitative estimate of drug-likeness (QED) is 0.795. The molecule has 0 fully saturated rings. The van der Waals surface area contributed by atoms with E-state index >= 15 is 0 Å². The normalized spacial score (nSPS) is 11.3. The molecule has 2 rings (SSSR count). The molecule has 98 valence electrons. The smallest absolute Gasteiger partial charge is 0.109 e. The zero-order valence-electron chi connectivity index (χ0n) is 11.1. The Morgan fingerprint density at radius 2 is 2.22 bits per heavy atom. The van der Waals surface area contributed by atoms with Gasteiger partial charge in [0.2, 0.25) is 0 Å². The zero-order valence-corrected chi connectivity index (χ0v) is 11.1. The zero-order chi connectivity index (χ0) is 13.0. The third kappa shape index (κ3) is 2.54. The van der Waals surface area contributed by atoms with Crippen LogP contribution in [0.3, 0.4) is 0 Å². The molecule has 0 radical (unpaired) electrons. The van der Waals surface area contributed by atoms with E-state index in [4.69, 9.17) is 10.5 Å². The van der Waals surface area contributed by atoms with Crippen molar-refractivity contribution in [1.82, 2.24) is 9.55 Å². The maximum atomic E-state index is 5.67. The molecular weight excluding hydrogens is 226 g/mol. The molecule has 18 heavy (non-hydrogen) atoms. The molecular formula is C14H21N3O. The first-order valence-corrected chi connectivity index (χ1v) is 6.47. The second kappa shape index (κ2) is 5.98. The Balaban J connectivity index is 2.36. The average Bonchev–Trinajstić information content (AvgIpc) is 2.76. The van der Waals surface area contributed by atoms with Gasteiger partial charge in [0.15, 0.2) is 0 Å². The van der Waals surface area contributed by atoms with Gasteiger partial charge in [-0.1, -0.05) is 13.0 Å². The highest BCUT2D eigenvalue weighted by Gasteiger charge is 2.09. The number of fused-ring (bicyclic) bond motifs is 1. The third-order valence-corrected chi connectivity index (χ3v) is 3.17. The summed E-state index contributed by atoms with van der Waals surface area (Å²) in [7, 11) is 1.74. The summed E-state index contributed by atoms with van der Waals surface area (Å²) in [5, 5.41) is 0. The Hall–Kier alpha value is -1.39. The van der Waals surface area contributed by atoms with Crippen LogP contribution in [0.25, 0.3) is 11.0 Å². The number of imidazole rings is 1. The number of ether oxygens (including phenoxy) is 1. The fourth-order valence-electron chi connectivity index (χ4n) is 2.24. The van der Waals surface area contributed by atoms with Crippen LogP contribution in [0.15, 0.2) is 18.2 Å². The van der Waals surface area contributed by atoms with E-state index in [-0.39, 0.29) is 0 Å². The lowest BCUT2D eigenvalue weighted by Crippen LogP contribution is -2.05. The molecule has 0 aliphatic carbocycles.